The molecule has 0 radical (unpaired) electrons. The fourth-order valence-corrected chi connectivity index (χ4v) is 3.10. The maximum Gasteiger partial charge on any atom is 0.338 e. The maximum atomic E-state index is 12.2. The van der Waals surface area contributed by atoms with Crippen molar-refractivity contribution in [1.82, 2.24) is 4.98 Å². The van der Waals surface area contributed by atoms with Crippen LogP contribution in [0.3, 0.4) is 0 Å². The lowest BCUT2D eigenvalue weighted by Gasteiger charge is -2.12. The summed E-state index contributed by atoms with van der Waals surface area (Å²) in [4.78, 5) is 16.5. The molecule has 4 rings (SSSR count). The second-order valence-corrected chi connectivity index (χ2v) is 6.01. The Morgan fingerprint density at radius 1 is 0.964 bits per heavy atom. The number of carbonyl (C=O) groups is 1. The highest BCUT2D eigenvalue weighted by molar-refractivity contribution is 6.19. The van der Waals surface area contributed by atoms with E-state index in [4.69, 9.17) is 4.74 Å². The van der Waals surface area contributed by atoms with Gasteiger partial charge in [0.2, 0.25) is 0 Å². The van der Waals surface area contributed by atoms with Crippen LogP contribution in [0.15, 0.2) is 71.0 Å². The van der Waals surface area contributed by atoms with E-state index >= 15 is 0 Å². The van der Waals surface area contributed by atoms with E-state index in [1.54, 1.807) is 24.3 Å². The summed E-state index contributed by atoms with van der Waals surface area (Å²) in [6.07, 6.45) is 1.42. The predicted molar refractivity (Wildman–Crippen MR) is 105 cm³/mol. The van der Waals surface area contributed by atoms with Gasteiger partial charge in [-0.3, -0.25) is 4.98 Å². The number of phenols is 2. The van der Waals surface area contributed by atoms with Gasteiger partial charge in [0.25, 0.3) is 0 Å². The van der Waals surface area contributed by atoms with E-state index in [1.165, 1.54) is 25.4 Å². The van der Waals surface area contributed by atoms with Crippen molar-refractivity contribution in [2.24, 2.45) is 10.2 Å². The number of nitrogens with zero attached hydrogens (tertiary/aromatic N) is 3. The highest BCUT2D eigenvalue weighted by Gasteiger charge is 2.22. The van der Waals surface area contributed by atoms with Gasteiger partial charge < -0.3 is 14.9 Å². The summed E-state index contributed by atoms with van der Waals surface area (Å²) >= 11 is 0. The van der Waals surface area contributed by atoms with E-state index in [0.29, 0.717) is 16.5 Å². The molecular formula is C21H15N3O4. The minimum atomic E-state index is -0.617. The van der Waals surface area contributed by atoms with Crippen molar-refractivity contribution in [3.05, 3.63) is 66.4 Å². The zero-order chi connectivity index (χ0) is 19.7. The average Bonchev–Trinajstić information content (AvgIpc) is 2.73. The lowest BCUT2D eigenvalue weighted by molar-refractivity contribution is 0.0602. The maximum absolute atomic E-state index is 12.2. The highest BCUT2D eigenvalue weighted by atomic mass is 16.5. The number of benzene rings is 3. The first-order chi connectivity index (χ1) is 13.6. The first-order valence-electron chi connectivity index (χ1n) is 8.42. The Morgan fingerprint density at radius 3 is 2.50 bits per heavy atom. The average molecular weight is 373 g/mol. The Kier molecular flexibility index (Phi) is 4.33. The Labute approximate surface area is 159 Å². The number of hydrogen-bond donors (Lipinski definition) is 2. The minimum Gasteiger partial charge on any atom is -0.507 e. The summed E-state index contributed by atoms with van der Waals surface area (Å²) in [6, 6.07) is 15.2. The molecule has 7 heteroatoms. The van der Waals surface area contributed by atoms with Crippen LogP contribution in [0.4, 0.5) is 11.4 Å². The molecule has 4 aromatic rings. The van der Waals surface area contributed by atoms with Crippen molar-refractivity contribution in [3.63, 3.8) is 0 Å². The van der Waals surface area contributed by atoms with Gasteiger partial charge in [-0.2, -0.15) is 5.11 Å². The molecule has 7 nitrogen and oxygen atoms in total. The third-order valence-corrected chi connectivity index (χ3v) is 4.37. The number of azo groups is 1. The predicted octanol–water partition coefficient (Wildman–Crippen LogP) is 5.00. The molecule has 2 N–H and O–H groups in total. The fourth-order valence-electron chi connectivity index (χ4n) is 3.10. The van der Waals surface area contributed by atoms with Crippen LogP contribution in [0.25, 0.3) is 21.7 Å². The highest BCUT2D eigenvalue weighted by Crippen LogP contribution is 2.46. The number of carbonyl (C=O) groups excluding carboxylic acids is 1. The standard InChI is InChI=1S/C21H15N3O4/c1-28-21(27)14-10-11-22-18-17(14)20(26)13-8-5-9-15(25)16(13)19(18)24-23-12-6-3-2-4-7-12/h2-11,25-26H,1H3. The number of methoxy groups -OCH3 is 1. The zero-order valence-electron chi connectivity index (χ0n) is 14.8. The van der Waals surface area contributed by atoms with Crippen molar-refractivity contribution in [3.8, 4) is 11.5 Å². The smallest absolute Gasteiger partial charge is 0.338 e. The molecule has 138 valence electrons. The number of esters is 1. The van der Waals surface area contributed by atoms with E-state index in [9.17, 15) is 15.0 Å². The molecule has 0 spiro atoms. The Bertz CT molecular complexity index is 1240. The monoisotopic (exact) mass is 373 g/mol. The van der Waals surface area contributed by atoms with Gasteiger partial charge >= 0.3 is 5.97 Å². The SMILES string of the molecule is COC(=O)c1ccnc2c(N=Nc3ccccc3)c3c(O)cccc3c(O)c12. The normalized spacial score (nSPS) is 11.3. The Balaban J connectivity index is 2.12. The molecule has 0 aliphatic carbocycles. The van der Waals surface area contributed by atoms with Crippen molar-refractivity contribution < 1.29 is 19.7 Å². The minimum absolute atomic E-state index is 0.0815. The van der Waals surface area contributed by atoms with Crippen LogP contribution in [-0.2, 0) is 4.74 Å². The number of aromatic nitrogens is 1. The van der Waals surface area contributed by atoms with Crippen LogP contribution in [0, 0.1) is 0 Å². The summed E-state index contributed by atoms with van der Waals surface area (Å²) in [5.41, 5.74) is 1.23. The topological polar surface area (TPSA) is 104 Å². The van der Waals surface area contributed by atoms with Gasteiger partial charge in [0, 0.05) is 11.6 Å². The summed E-state index contributed by atoms with van der Waals surface area (Å²) < 4.78 is 4.82. The lowest BCUT2D eigenvalue weighted by atomic mass is 9.99. The molecule has 1 aromatic heterocycles. The van der Waals surface area contributed by atoms with Gasteiger partial charge in [-0.15, -0.1) is 5.11 Å². The molecule has 0 atom stereocenters. The van der Waals surface area contributed by atoms with Gasteiger partial charge in [-0.1, -0.05) is 30.3 Å². The van der Waals surface area contributed by atoms with Crippen LogP contribution in [0.5, 0.6) is 11.5 Å². The number of ether oxygens (including phenoxy) is 1. The summed E-state index contributed by atoms with van der Waals surface area (Å²) in [6.45, 7) is 0. The molecule has 3 aromatic carbocycles. The zero-order valence-corrected chi connectivity index (χ0v) is 14.8. The number of aromatic hydroxyl groups is 2. The lowest BCUT2D eigenvalue weighted by Crippen LogP contribution is -2.03. The van der Waals surface area contributed by atoms with Gasteiger partial charge in [-0.05, 0) is 24.3 Å². The quantitative estimate of drug-likeness (QED) is 0.299. The van der Waals surface area contributed by atoms with E-state index in [-0.39, 0.29) is 33.7 Å². The second kappa shape index (κ2) is 6.96. The summed E-state index contributed by atoms with van der Waals surface area (Å²) in [5, 5.41) is 30.6. The van der Waals surface area contributed by atoms with Crippen molar-refractivity contribution in [1.29, 1.82) is 0 Å². The van der Waals surface area contributed by atoms with Crippen LogP contribution >= 0.6 is 0 Å². The molecule has 0 fully saturated rings. The summed E-state index contributed by atoms with van der Waals surface area (Å²) in [5.74, 6) is -0.886. The third-order valence-electron chi connectivity index (χ3n) is 4.37. The fraction of sp³-hybridized carbons (Fsp3) is 0.0476. The first kappa shape index (κ1) is 17.4. The molecule has 0 unspecified atom stereocenters. The largest absolute Gasteiger partial charge is 0.507 e. The van der Waals surface area contributed by atoms with Crippen LogP contribution in [-0.4, -0.2) is 28.3 Å². The molecule has 0 aliphatic rings. The van der Waals surface area contributed by atoms with E-state index in [2.05, 4.69) is 15.2 Å². The molecule has 0 saturated carbocycles. The number of pyridine rings is 1. The van der Waals surface area contributed by atoms with Gasteiger partial charge in [0.05, 0.1) is 29.1 Å². The van der Waals surface area contributed by atoms with Crippen molar-refractivity contribution in [2.45, 2.75) is 0 Å². The molecule has 0 bridgehead atoms. The number of phenolic OH excluding ortho intramolecular Hbond substituents is 2. The number of rotatable bonds is 3. The molecule has 0 aliphatic heterocycles. The number of fused-ring (bicyclic) bond motifs is 2. The van der Waals surface area contributed by atoms with Gasteiger partial charge in [0.1, 0.15) is 22.7 Å². The van der Waals surface area contributed by atoms with Gasteiger partial charge in [0.15, 0.2) is 0 Å². The van der Waals surface area contributed by atoms with Crippen LogP contribution in [0.1, 0.15) is 10.4 Å². The van der Waals surface area contributed by atoms with Crippen molar-refractivity contribution in [2.75, 3.05) is 7.11 Å². The van der Waals surface area contributed by atoms with Crippen molar-refractivity contribution >= 4 is 39.0 Å². The molecule has 1 heterocycles. The number of hydrogen-bond acceptors (Lipinski definition) is 7. The molecule has 0 saturated heterocycles. The molecule has 0 amide bonds. The Hall–Kier alpha value is -4.00. The molecular weight excluding hydrogens is 358 g/mol. The Morgan fingerprint density at radius 2 is 1.75 bits per heavy atom. The van der Waals surface area contributed by atoms with E-state index in [0.717, 1.165) is 0 Å². The van der Waals surface area contributed by atoms with Gasteiger partial charge in [-0.25, -0.2) is 4.79 Å². The van der Waals surface area contributed by atoms with Crippen LogP contribution in [0.2, 0.25) is 0 Å². The third kappa shape index (κ3) is 2.79. The van der Waals surface area contributed by atoms with E-state index < -0.39 is 5.97 Å². The summed E-state index contributed by atoms with van der Waals surface area (Å²) in [7, 11) is 1.26. The molecule has 28 heavy (non-hydrogen) atoms. The van der Waals surface area contributed by atoms with Crippen LogP contribution < -0.4 is 0 Å². The first-order valence-corrected chi connectivity index (χ1v) is 8.42. The second-order valence-electron chi connectivity index (χ2n) is 6.01. The van der Waals surface area contributed by atoms with E-state index in [1.807, 2.05) is 18.2 Å².